The Balaban J connectivity index is 2.47. The topological polar surface area (TPSA) is 40.5 Å². The molecule has 0 aromatic carbocycles. The van der Waals surface area contributed by atoms with E-state index in [9.17, 15) is 10.2 Å². The summed E-state index contributed by atoms with van der Waals surface area (Å²) in [5, 5.41) is 24.3. The lowest BCUT2D eigenvalue weighted by atomic mass is 10.1. The summed E-state index contributed by atoms with van der Waals surface area (Å²) in [6, 6.07) is 3.97. The van der Waals surface area contributed by atoms with Crippen molar-refractivity contribution in [2.45, 2.75) is 26.7 Å². The first kappa shape index (κ1) is 13.2. The Kier molecular flexibility index (Phi) is 4.09. The number of aliphatic hydroxyl groups is 2. The van der Waals surface area contributed by atoms with Gasteiger partial charge in [0.05, 0.1) is 9.75 Å². The van der Waals surface area contributed by atoms with Gasteiger partial charge in [-0.15, -0.1) is 22.7 Å². The van der Waals surface area contributed by atoms with E-state index in [2.05, 4.69) is 0 Å². The average molecular weight is 280 g/mol. The van der Waals surface area contributed by atoms with Crippen LogP contribution in [0.3, 0.4) is 0 Å². The second-order valence-corrected chi connectivity index (χ2v) is 5.79. The van der Waals surface area contributed by atoms with E-state index in [0.717, 1.165) is 33.7 Å². The second-order valence-electron chi connectivity index (χ2n) is 3.95. The summed E-state index contributed by atoms with van der Waals surface area (Å²) in [6.07, 6.45) is 1.70. The second kappa shape index (κ2) is 5.59. The Morgan fingerprint density at radius 3 is 1.61 bits per heavy atom. The van der Waals surface area contributed by atoms with Crippen LogP contribution in [0.1, 0.15) is 34.7 Å². The molecule has 96 valence electrons. The van der Waals surface area contributed by atoms with Crippen LogP contribution in [0.5, 0.6) is 0 Å². The number of aryl methyl sites for hydroxylation is 2. The normalized spacial score (nSPS) is 12.6. The number of thiophene rings is 2. The highest BCUT2D eigenvalue weighted by atomic mass is 32.1. The molecular weight excluding hydrogens is 264 g/mol. The highest BCUT2D eigenvalue weighted by molar-refractivity contribution is 7.12. The van der Waals surface area contributed by atoms with Crippen LogP contribution in [0.25, 0.3) is 11.5 Å². The van der Waals surface area contributed by atoms with Crippen molar-refractivity contribution in [3.63, 3.8) is 0 Å². The third-order valence-electron chi connectivity index (χ3n) is 2.91. The molecule has 0 aliphatic heterocycles. The summed E-state index contributed by atoms with van der Waals surface area (Å²) in [7, 11) is 0. The SMILES string of the molecule is CCc1ccsc1/C(O)=C(\O)c1sccc1CC. The molecule has 0 spiro atoms. The van der Waals surface area contributed by atoms with E-state index in [1.54, 1.807) is 0 Å². The highest BCUT2D eigenvalue weighted by Crippen LogP contribution is 2.33. The van der Waals surface area contributed by atoms with E-state index in [4.69, 9.17) is 0 Å². The summed E-state index contributed by atoms with van der Waals surface area (Å²) >= 11 is 2.92. The molecule has 2 heterocycles. The zero-order valence-corrected chi connectivity index (χ0v) is 12.1. The molecule has 2 aromatic rings. The van der Waals surface area contributed by atoms with Crippen molar-refractivity contribution in [2.75, 3.05) is 0 Å². The molecule has 0 amide bonds. The maximum absolute atomic E-state index is 10.2. The first-order valence-electron chi connectivity index (χ1n) is 5.94. The molecule has 0 saturated carbocycles. The van der Waals surface area contributed by atoms with Crippen molar-refractivity contribution in [1.29, 1.82) is 0 Å². The lowest BCUT2D eigenvalue weighted by Gasteiger charge is -2.05. The van der Waals surface area contributed by atoms with Gasteiger partial charge in [0, 0.05) is 0 Å². The molecule has 0 radical (unpaired) electrons. The van der Waals surface area contributed by atoms with E-state index >= 15 is 0 Å². The zero-order valence-electron chi connectivity index (χ0n) is 10.4. The van der Waals surface area contributed by atoms with Crippen LogP contribution in [0.2, 0.25) is 0 Å². The van der Waals surface area contributed by atoms with E-state index in [1.807, 2.05) is 36.7 Å². The summed E-state index contributed by atoms with van der Waals surface area (Å²) in [5.41, 5.74) is 2.14. The molecule has 0 fully saturated rings. The first-order valence-corrected chi connectivity index (χ1v) is 7.70. The van der Waals surface area contributed by atoms with Gasteiger partial charge < -0.3 is 10.2 Å². The zero-order chi connectivity index (χ0) is 13.1. The Bertz CT molecular complexity index is 514. The van der Waals surface area contributed by atoms with Gasteiger partial charge >= 0.3 is 0 Å². The van der Waals surface area contributed by atoms with Crippen molar-refractivity contribution in [3.8, 4) is 0 Å². The molecule has 0 unspecified atom stereocenters. The Morgan fingerprint density at radius 2 is 1.28 bits per heavy atom. The molecule has 2 N–H and O–H groups in total. The van der Waals surface area contributed by atoms with E-state index in [1.165, 1.54) is 22.7 Å². The Hall–Kier alpha value is -1.26. The third kappa shape index (κ3) is 2.31. The van der Waals surface area contributed by atoms with E-state index in [0.29, 0.717) is 0 Å². The molecule has 0 aliphatic carbocycles. The van der Waals surface area contributed by atoms with Crippen LogP contribution in [-0.4, -0.2) is 10.2 Å². The van der Waals surface area contributed by atoms with Crippen LogP contribution in [0, 0.1) is 0 Å². The van der Waals surface area contributed by atoms with Crippen molar-refractivity contribution in [1.82, 2.24) is 0 Å². The van der Waals surface area contributed by atoms with Crippen LogP contribution in [-0.2, 0) is 12.8 Å². The number of hydrogen-bond acceptors (Lipinski definition) is 4. The summed E-state index contributed by atoms with van der Waals surface area (Å²) < 4.78 is 0. The minimum absolute atomic E-state index is 0.000926. The molecule has 0 bridgehead atoms. The minimum Gasteiger partial charge on any atom is -0.503 e. The van der Waals surface area contributed by atoms with Crippen LogP contribution in [0.4, 0.5) is 0 Å². The van der Waals surface area contributed by atoms with Crippen LogP contribution >= 0.6 is 22.7 Å². The predicted molar refractivity (Wildman–Crippen MR) is 79.5 cm³/mol. The minimum atomic E-state index is -0.000926. The standard InChI is InChI=1S/C14H16O2S2/c1-3-9-5-7-17-13(9)11(15)12(16)14-10(4-2)6-8-18-14/h5-8,15-16H,3-4H2,1-2H3/b12-11+. The maximum Gasteiger partial charge on any atom is 0.176 e. The highest BCUT2D eigenvalue weighted by Gasteiger charge is 2.16. The molecule has 0 saturated heterocycles. The quantitative estimate of drug-likeness (QED) is 0.784. The number of aliphatic hydroxyl groups excluding tert-OH is 2. The average Bonchev–Trinajstić information content (AvgIpc) is 3.04. The van der Waals surface area contributed by atoms with Gasteiger partial charge in [0.25, 0.3) is 0 Å². The molecule has 0 atom stereocenters. The monoisotopic (exact) mass is 280 g/mol. The van der Waals surface area contributed by atoms with E-state index < -0.39 is 0 Å². The molecule has 2 rings (SSSR count). The van der Waals surface area contributed by atoms with Gasteiger partial charge in [-0.05, 0) is 46.9 Å². The van der Waals surface area contributed by atoms with Gasteiger partial charge in [-0.1, -0.05) is 13.8 Å². The molecule has 0 aliphatic rings. The van der Waals surface area contributed by atoms with Crippen molar-refractivity contribution >= 4 is 34.2 Å². The van der Waals surface area contributed by atoms with Gasteiger partial charge in [0.15, 0.2) is 11.5 Å². The fourth-order valence-electron chi connectivity index (χ4n) is 1.86. The van der Waals surface area contributed by atoms with Crippen LogP contribution < -0.4 is 0 Å². The van der Waals surface area contributed by atoms with Gasteiger partial charge in [-0.3, -0.25) is 0 Å². The van der Waals surface area contributed by atoms with Crippen molar-refractivity contribution in [3.05, 3.63) is 43.8 Å². The lowest BCUT2D eigenvalue weighted by Crippen LogP contribution is -1.92. The van der Waals surface area contributed by atoms with E-state index in [-0.39, 0.29) is 11.5 Å². The van der Waals surface area contributed by atoms with Crippen molar-refractivity contribution < 1.29 is 10.2 Å². The summed E-state index contributed by atoms with van der Waals surface area (Å²) in [6.45, 7) is 4.08. The fourth-order valence-corrected chi connectivity index (χ4v) is 3.74. The molecule has 2 nitrogen and oxygen atoms in total. The largest absolute Gasteiger partial charge is 0.503 e. The predicted octanol–water partition coefficient (Wildman–Crippen LogP) is 4.88. The summed E-state index contributed by atoms with van der Waals surface area (Å²) in [5.74, 6) is -0.00185. The van der Waals surface area contributed by atoms with Gasteiger partial charge in [0.2, 0.25) is 0 Å². The smallest absolute Gasteiger partial charge is 0.176 e. The maximum atomic E-state index is 10.2. The van der Waals surface area contributed by atoms with Gasteiger partial charge in [-0.2, -0.15) is 0 Å². The van der Waals surface area contributed by atoms with Gasteiger partial charge in [-0.25, -0.2) is 0 Å². The molecular formula is C14H16O2S2. The first-order chi connectivity index (χ1) is 8.69. The van der Waals surface area contributed by atoms with Crippen molar-refractivity contribution in [2.24, 2.45) is 0 Å². The van der Waals surface area contributed by atoms with Gasteiger partial charge in [0.1, 0.15) is 0 Å². The molecule has 18 heavy (non-hydrogen) atoms. The fraction of sp³-hybridized carbons (Fsp3) is 0.286. The lowest BCUT2D eigenvalue weighted by molar-refractivity contribution is 0.461. The molecule has 2 aromatic heterocycles. The number of hydrogen-bond donors (Lipinski definition) is 2. The number of rotatable bonds is 4. The third-order valence-corrected chi connectivity index (χ3v) is 4.84. The molecule has 4 heteroatoms. The van der Waals surface area contributed by atoms with Crippen LogP contribution in [0.15, 0.2) is 22.9 Å². The Morgan fingerprint density at radius 1 is 0.889 bits per heavy atom. The summed E-state index contributed by atoms with van der Waals surface area (Å²) in [4.78, 5) is 1.54. The Labute approximate surface area is 115 Å².